The smallest absolute Gasteiger partial charge is 0.119 e. The molecule has 116 valence electrons. The van der Waals surface area contributed by atoms with Crippen LogP contribution >= 0.6 is 0 Å². The van der Waals surface area contributed by atoms with Crippen molar-refractivity contribution < 1.29 is 4.74 Å². The van der Waals surface area contributed by atoms with Crippen LogP contribution in [0.1, 0.15) is 30.4 Å². The van der Waals surface area contributed by atoms with Gasteiger partial charge in [0.05, 0.1) is 6.61 Å². The molecule has 2 atom stereocenters. The van der Waals surface area contributed by atoms with E-state index >= 15 is 0 Å². The summed E-state index contributed by atoms with van der Waals surface area (Å²) in [5.41, 5.74) is 2.67. The highest BCUT2D eigenvalue weighted by molar-refractivity contribution is 5.31. The SMILES string of the molecule is CN[C@H]1CCC[C@H]1COc1ccc(Cc2ccccc2)cc1. The van der Waals surface area contributed by atoms with E-state index in [9.17, 15) is 0 Å². The Kier molecular flexibility index (Phi) is 5.12. The Morgan fingerprint density at radius 3 is 2.41 bits per heavy atom. The van der Waals surface area contributed by atoms with Crippen molar-refractivity contribution in [1.29, 1.82) is 0 Å². The molecule has 0 unspecified atom stereocenters. The molecule has 0 aromatic heterocycles. The van der Waals surface area contributed by atoms with E-state index in [1.54, 1.807) is 0 Å². The van der Waals surface area contributed by atoms with E-state index in [4.69, 9.17) is 4.74 Å². The number of rotatable bonds is 6. The quantitative estimate of drug-likeness (QED) is 0.868. The van der Waals surface area contributed by atoms with Crippen molar-refractivity contribution in [3.63, 3.8) is 0 Å². The highest BCUT2D eigenvalue weighted by Crippen LogP contribution is 2.26. The van der Waals surface area contributed by atoms with Crippen molar-refractivity contribution in [2.45, 2.75) is 31.7 Å². The molecule has 0 saturated heterocycles. The average molecular weight is 295 g/mol. The van der Waals surface area contributed by atoms with Crippen molar-refractivity contribution in [2.75, 3.05) is 13.7 Å². The first-order valence-corrected chi connectivity index (χ1v) is 8.28. The molecule has 1 fully saturated rings. The van der Waals surface area contributed by atoms with Gasteiger partial charge in [-0.2, -0.15) is 0 Å². The number of hydrogen-bond acceptors (Lipinski definition) is 2. The van der Waals surface area contributed by atoms with Crippen LogP contribution in [-0.4, -0.2) is 19.7 Å². The fraction of sp³-hybridized carbons (Fsp3) is 0.400. The summed E-state index contributed by atoms with van der Waals surface area (Å²) in [7, 11) is 2.06. The molecule has 0 radical (unpaired) electrons. The molecule has 1 aliphatic rings. The first-order valence-electron chi connectivity index (χ1n) is 8.28. The molecular formula is C20H25NO. The van der Waals surface area contributed by atoms with Crippen LogP contribution < -0.4 is 10.1 Å². The Labute approximate surface area is 133 Å². The molecule has 3 rings (SSSR count). The van der Waals surface area contributed by atoms with Gasteiger partial charge in [-0.25, -0.2) is 0 Å². The molecule has 0 heterocycles. The molecule has 0 amide bonds. The second-order valence-corrected chi connectivity index (χ2v) is 6.20. The third kappa shape index (κ3) is 3.89. The van der Waals surface area contributed by atoms with E-state index in [0.29, 0.717) is 12.0 Å². The van der Waals surface area contributed by atoms with Crippen LogP contribution in [0.3, 0.4) is 0 Å². The summed E-state index contributed by atoms with van der Waals surface area (Å²) in [5, 5.41) is 3.41. The van der Waals surface area contributed by atoms with Crippen LogP contribution in [0.4, 0.5) is 0 Å². The molecule has 1 N–H and O–H groups in total. The van der Waals surface area contributed by atoms with Crippen molar-refractivity contribution in [3.05, 3.63) is 65.7 Å². The number of benzene rings is 2. The standard InChI is InChI=1S/C20H25NO/c1-21-20-9-5-8-18(20)15-22-19-12-10-17(11-13-19)14-16-6-3-2-4-7-16/h2-4,6-7,10-13,18,20-21H,5,8-9,14-15H2,1H3/t18-,20-/m0/s1. The fourth-order valence-corrected chi connectivity index (χ4v) is 3.35. The molecule has 0 spiro atoms. The summed E-state index contributed by atoms with van der Waals surface area (Å²) in [6, 6.07) is 19.7. The Morgan fingerprint density at radius 1 is 0.955 bits per heavy atom. The van der Waals surface area contributed by atoms with Gasteiger partial charge in [-0.15, -0.1) is 0 Å². The predicted molar refractivity (Wildman–Crippen MR) is 91.4 cm³/mol. The summed E-state index contributed by atoms with van der Waals surface area (Å²) >= 11 is 0. The minimum atomic E-state index is 0.623. The van der Waals surface area contributed by atoms with Gasteiger partial charge in [0.15, 0.2) is 0 Å². The summed E-state index contributed by atoms with van der Waals surface area (Å²) in [6.07, 6.45) is 4.85. The van der Waals surface area contributed by atoms with E-state index < -0.39 is 0 Å². The molecule has 2 aromatic rings. The monoisotopic (exact) mass is 295 g/mol. The molecule has 0 aliphatic heterocycles. The Hall–Kier alpha value is -1.80. The highest BCUT2D eigenvalue weighted by atomic mass is 16.5. The van der Waals surface area contributed by atoms with Crippen molar-refractivity contribution >= 4 is 0 Å². The van der Waals surface area contributed by atoms with Gasteiger partial charge in [0.25, 0.3) is 0 Å². The Morgan fingerprint density at radius 2 is 1.68 bits per heavy atom. The lowest BCUT2D eigenvalue weighted by molar-refractivity contribution is 0.229. The topological polar surface area (TPSA) is 21.3 Å². The van der Waals surface area contributed by atoms with Gasteiger partial charge in [0.1, 0.15) is 5.75 Å². The van der Waals surface area contributed by atoms with Crippen LogP contribution in [0.25, 0.3) is 0 Å². The summed E-state index contributed by atoms with van der Waals surface area (Å²) in [5.74, 6) is 1.63. The van der Waals surface area contributed by atoms with E-state index in [0.717, 1.165) is 18.8 Å². The maximum atomic E-state index is 5.99. The number of hydrogen-bond donors (Lipinski definition) is 1. The van der Waals surface area contributed by atoms with Gasteiger partial charge in [-0.3, -0.25) is 0 Å². The second kappa shape index (κ2) is 7.46. The number of nitrogens with one attached hydrogen (secondary N) is 1. The summed E-state index contributed by atoms with van der Waals surface area (Å²) in [4.78, 5) is 0. The van der Waals surface area contributed by atoms with Gasteiger partial charge in [-0.05, 0) is 49.6 Å². The minimum absolute atomic E-state index is 0.623. The van der Waals surface area contributed by atoms with Gasteiger partial charge in [0, 0.05) is 12.0 Å². The first kappa shape index (κ1) is 15.1. The van der Waals surface area contributed by atoms with Gasteiger partial charge >= 0.3 is 0 Å². The van der Waals surface area contributed by atoms with Crippen molar-refractivity contribution in [1.82, 2.24) is 5.32 Å². The lowest BCUT2D eigenvalue weighted by Crippen LogP contribution is -2.32. The van der Waals surface area contributed by atoms with Crippen molar-refractivity contribution in [2.24, 2.45) is 5.92 Å². The van der Waals surface area contributed by atoms with Crippen LogP contribution in [0.5, 0.6) is 5.75 Å². The largest absolute Gasteiger partial charge is 0.493 e. The number of ether oxygens (including phenoxy) is 1. The highest BCUT2D eigenvalue weighted by Gasteiger charge is 2.26. The summed E-state index contributed by atoms with van der Waals surface area (Å²) < 4.78 is 5.99. The Bertz CT molecular complexity index is 564. The average Bonchev–Trinajstić information content (AvgIpc) is 3.03. The van der Waals surface area contributed by atoms with Crippen LogP contribution in [0.15, 0.2) is 54.6 Å². The molecule has 1 saturated carbocycles. The molecule has 1 aliphatic carbocycles. The zero-order valence-electron chi connectivity index (χ0n) is 13.3. The second-order valence-electron chi connectivity index (χ2n) is 6.20. The maximum absolute atomic E-state index is 5.99. The minimum Gasteiger partial charge on any atom is -0.493 e. The maximum Gasteiger partial charge on any atom is 0.119 e. The fourth-order valence-electron chi connectivity index (χ4n) is 3.35. The van der Waals surface area contributed by atoms with Crippen molar-refractivity contribution in [3.8, 4) is 5.75 Å². The van der Waals surface area contributed by atoms with Crippen LogP contribution in [0, 0.1) is 5.92 Å². The normalized spacial score (nSPS) is 21.0. The van der Waals surface area contributed by atoms with E-state index in [-0.39, 0.29) is 0 Å². The van der Waals surface area contributed by atoms with E-state index in [2.05, 4.69) is 67.0 Å². The third-order valence-corrected chi connectivity index (χ3v) is 4.67. The molecule has 0 bridgehead atoms. The van der Waals surface area contributed by atoms with Crippen LogP contribution in [-0.2, 0) is 6.42 Å². The summed E-state index contributed by atoms with van der Waals surface area (Å²) in [6.45, 7) is 0.823. The van der Waals surface area contributed by atoms with Gasteiger partial charge < -0.3 is 10.1 Å². The zero-order chi connectivity index (χ0) is 15.2. The lowest BCUT2D eigenvalue weighted by Gasteiger charge is -2.19. The molecule has 22 heavy (non-hydrogen) atoms. The third-order valence-electron chi connectivity index (χ3n) is 4.67. The molecule has 2 heteroatoms. The van der Waals surface area contributed by atoms with Gasteiger partial charge in [-0.1, -0.05) is 48.9 Å². The van der Waals surface area contributed by atoms with Crippen LogP contribution in [0.2, 0.25) is 0 Å². The Balaban J connectivity index is 1.53. The molecule has 2 nitrogen and oxygen atoms in total. The van der Waals surface area contributed by atoms with Gasteiger partial charge in [0.2, 0.25) is 0 Å². The van der Waals surface area contributed by atoms with E-state index in [1.165, 1.54) is 30.4 Å². The molecular weight excluding hydrogens is 270 g/mol. The zero-order valence-corrected chi connectivity index (χ0v) is 13.3. The lowest BCUT2D eigenvalue weighted by atomic mass is 10.0. The van der Waals surface area contributed by atoms with E-state index in [1.807, 2.05) is 0 Å². The molecule has 2 aromatic carbocycles. The predicted octanol–water partition coefficient (Wildman–Crippen LogP) is 4.04. The first-order chi connectivity index (χ1) is 10.8.